The zero-order valence-electron chi connectivity index (χ0n) is 27.4. The van der Waals surface area contributed by atoms with Gasteiger partial charge in [0.05, 0.1) is 29.8 Å². The van der Waals surface area contributed by atoms with Gasteiger partial charge in [-0.25, -0.2) is 14.0 Å². The van der Waals surface area contributed by atoms with Crippen LogP contribution in [0.5, 0.6) is 17.2 Å². The third kappa shape index (κ3) is 9.22. The van der Waals surface area contributed by atoms with E-state index in [2.05, 4.69) is 5.32 Å². The lowest BCUT2D eigenvalue weighted by atomic mass is 10.0. The summed E-state index contributed by atoms with van der Waals surface area (Å²) in [7, 11) is 2.94. The lowest BCUT2D eigenvalue weighted by Crippen LogP contribution is -2.51. The van der Waals surface area contributed by atoms with Crippen LogP contribution in [0.1, 0.15) is 70.3 Å². The number of hydrogen-bond donors (Lipinski definition) is 2. The van der Waals surface area contributed by atoms with Crippen molar-refractivity contribution < 1.29 is 52.4 Å². The first-order valence-corrected chi connectivity index (χ1v) is 15.2. The van der Waals surface area contributed by atoms with Crippen LogP contribution in [0.4, 0.5) is 9.18 Å². The molecule has 1 aliphatic heterocycles. The number of ether oxygens (including phenoxy) is 5. The molecule has 0 spiro atoms. The fourth-order valence-electron chi connectivity index (χ4n) is 5.02. The molecule has 48 heavy (non-hydrogen) atoms. The SMILES string of the molecule is COCOc1ccc(OC)cc1C(=O)c1ccc(C(=O)O[C@@H]2CCCN(C(=O)OC(C)(C)C)C[C@H]2NC(=O)c2cc(F)ccc2O)cc1. The molecule has 0 bridgehead atoms. The van der Waals surface area contributed by atoms with Gasteiger partial charge < -0.3 is 39.0 Å². The molecule has 3 aromatic carbocycles. The van der Waals surface area contributed by atoms with E-state index in [-0.39, 0.29) is 54.3 Å². The van der Waals surface area contributed by atoms with E-state index in [1.807, 2.05) is 0 Å². The van der Waals surface area contributed by atoms with Crippen LogP contribution in [0.2, 0.25) is 0 Å². The van der Waals surface area contributed by atoms with Crippen LogP contribution >= 0.6 is 0 Å². The van der Waals surface area contributed by atoms with Crippen LogP contribution in [-0.4, -0.2) is 85.6 Å². The highest BCUT2D eigenvalue weighted by molar-refractivity contribution is 6.11. The van der Waals surface area contributed by atoms with E-state index in [9.17, 15) is 28.7 Å². The number of esters is 1. The van der Waals surface area contributed by atoms with Gasteiger partial charge in [-0.1, -0.05) is 12.1 Å². The molecule has 3 aromatic rings. The summed E-state index contributed by atoms with van der Waals surface area (Å²) in [5.74, 6) is -2.37. The predicted molar refractivity (Wildman–Crippen MR) is 171 cm³/mol. The molecule has 0 saturated carbocycles. The number of phenols is 1. The molecule has 4 rings (SSSR count). The summed E-state index contributed by atoms with van der Waals surface area (Å²) in [4.78, 5) is 54.3. The summed E-state index contributed by atoms with van der Waals surface area (Å²) < 4.78 is 41.1. The van der Waals surface area contributed by atoms with E-state index in [0.29, 0.717) is 17.9 Å². The number of nitrogens with zero attached hydrogens (tertiary/aromatic N) is 1. The largest absolute Gasteiger partial charge is 0.507 e. The van der Waals surface area contributed by atoms with E-state index in [1.54, 1.807) is 39.0 Å². The standard InChI is InChI=1S/C35H39FN2O10/c1-35(2,3)48-34(43)38-16-6-7-30(27(19-38)37-32(41)25-17-23(36)12-14-28(25)39)47-33(42)22-10-8-21(9-11-22)31(40)26-18-24(45-5)13-15-29(26)46-20-44-4/h8-15,17-18,27,30,39H,6-7,16,19-20H2,1-5H3,(H,37,41)/t27-,30-/m1/s1. The van der Waals surface area contributed by atoms with Gasteiger partial charge in [0, 0.05) is 25.8 Å². The molecule has 0 aliphatic carbocycles. The number of likely N-dealkylation sites (tertiary alicyclic amines) is 1. The Hall–Kier alpha value is -5.17. The number of nitrogens with one attached hydrogen (secondary N) is 1. The Morgan fingerprint density at radius 1 is 0.958 bits per heavy atom. The quantitative estimate of drug-likeness (QED) is 0.170. The number of benzene rings is 3. The average Bonchev–Trinajstić information content (AvgIpc) is 3.25. The van der Waals surface area contributed by atoms with Gasteiger partial charge in [0.15, 0.2) is 12.6 Å². The Kier molecular flexibility index (Phi) is 11.6. The van der Waals surface area contributed by atoms with E-state index < -0.39 is 47.3 Å². The molecular formula is C35H39FN2O10. The van der Waals surface area contributed by atoms with Crippen molar-refractivity contribution in [2.45, 2.75) is 51.4 Å². The molecule has 1 heterocycles. The number of aromatic hydroxyl groups is 1. The van der Waals surface area contributed by atoms with Crippen molar-refractivity contribution in [2.75, 3.05) is 34.1 Å². The Morgan fingerprint density at radius 2 is 1.67 bits per heavy atom. The number of rotatable bonds is 10. The molecule has 1 saturated heterocycles. The molecule has 256 valence electrons. The molecular weight excluding hydrogens is 627 g/mol. The van der Waals surface area contributed by atoms with E-state index >= 15 is 0 Å². The van der Waals surface area contributed by atoms with Crippen molar-refractivity contribution in [3.63, 3.8) is 0 Å². The van der Waals surface area contributed by atoms with Gasteiger partial charge in [0.2, 0.25) is 0 Å². The second-order valence-electron chi connectivity index (χ2n) is 12.1. The number of phenolic OH excluding ortho intramolecular Hbond substituents is 1. The van der Waals surface area contributed by atoms with Crippen LogP contribution in [0.3, 0.4) is 0 Å². The third-order valence-electron chi connectivity index (χ3n) is 7.36. The van der Waals surface area contributed by atoms with E-state index in [0.717, 1.165) is 18.2 Å². The molecule has 2 atom stereocenters. The van der Waals surface area contributed by atoms with Crippen molar-refractivity contribution in [1.29, 1.82) is 0 Å². The molecule has 13 heteroatoms. The zero-order valence-corrected chi connectivity index (χ0v) is 27.4. The summed E-state index contributed by atoms with van der Waals surface area (Å²) in [5, 5.41) is 12.9. The number of amides is 2. The first kappa shape index (κ1) is 35.7. The van der Waals surface area contributed by atoms with Gasteiger partial charge in [-0.05, 0) is 82.1 Å². The number of methoxy groups -OCH3 is 2. The number of carbonyl (C=O) groups is 4. The topological polar surface area (TPSA) is 150 Å². The van der Waals surface area contributed by atoms with Crippen molar-refractivity contribution in [2.24, 2.45) is 0 Å². The number of hydrogen-bond acceptors (Lipinski definition) is 10. The Morgan fingerprint density at radius 3 is 2.33 bits per heavy atom. The lowest BCUT2D eigenvalue weighted by Gasteiger charge is -2.30. The summed E-state index contributed by atoms with van der Waals surface area (Å²) in [6, 6.07) is 12.6. The summed E-state index contributed by atoms with van der Waals surface area (Å²) in [6.07, 6.45) is -0.851. The van der Waals surface area contributed by atoms with Crippen LogP contribution in [0, 0.1) is 5.82 Å². The molecule has 2 N–H and O–H groups in total. The van der Waals surface area contributed by atoms with Crippen molar-refractivity contribution in [3.05, 3.63) is 88.7 Å². The second kappa shape index (κ2) is 15.6. The minimum absolute atomic E-state index is 0.0705. The van der Waals surface area contributed by atoms with Gasteiger partial charge in [0.1, 0.15) is 34.8 Å². The second-order valence-corrected chi connectivity index (χ2v) is 12.1. The van der Waals surface area contributed by atoms with E-state index in [1.165, 1.54) is 43.4 Å². The highest BCUT2D eigenvalue weighted by atomic mass is 19.1. The first-order chi connectivity index (χ1) is 22.8. The molecule has 0 radical (unpaired) electrons. The molecule has 2 amide bonds. The van der Waals surface area contributed by atoms with Crippen LogP contribution < -0.4 is 14.8 Å². The first-order valence-electron chi connectivity index (χ1n) is 15.2. The normalized spacial score (nSPS) is 16.3. The van der Waals surface area contributed by atoms with Gasteiger partial charge in [-0.2, -0.15) is 0 Å². The van der Waals surface area contributed by atoms with Gasteiger partial charge >= 0.3 is 12.1 Å². The third-order valence-corrected chi connectivity index (χ3v) is 7.36. The summed E-state index contributed by atoms with van der Waals surface area (Å²) in [5.41, 5.74) is -0.462. The van der Waals surface area contributed by atoms with Crippen molar-refractivity contribution in [1.82, 2.24) is 10.2 Å². The number of carbonyl (C=O) groups excluding carboxylic acids is 4. The summed E-state index contributed by atoms with van der Waals surface area (Å²) >= 11 is 0. The number of ketones is 1. The highest BCUT2D eigenvalue weighted by Crippen LogP contribution is 2.28. The van der Waals surface area contributed by atoms with Gasteiger partial charge in [0.25, 0.3) is 5.91 Å². The highest BCUT2D eigenvalue weighted by Gasteiger charge is 2.35. The zero-order chi connectivity index (χ0) is 35.0. The van der Waals surface area contributed by atoms with Crippen molar-refractivity contribution >= 4 is 23.8 Å². The molecule has 1 fully saturated rings. The lowest BCUT2D eigenvalue weighted by molar-refractivity contribution is 0.0127. The van der Waals surface area contributed by atoms with Crippen molar-refractivity contribution in [3.8, 4) is 17.2 Å². The molecule has 0 unspecified atom stereocenters. The fraction of sp³-hybridized carbons (Fsp3) is 0.371. The number of halogens is 1. The van der Waals surface area contributed by atoms with Crippen LogP contribution in [-0.2, 0) is 14.2 Å². The maximum absolute atomic E-state index is 13.9. The van der Waals surface area contributed by atoms with Crippen LogP contribution in [0.25, 0.3) is 0 Å². The minimum Gasteiger partial charge on any atom is -0.507 e. The maximum Gasteiger partial charge on any atom is 0.410 e. The average molecular weight is 667 g/mol. The predicted octanol–water partition coefficient (Wildman–Crippen LogP) is 5.11. The Labute approximate surface area is 277 Å². The van der Waals surface area contributed by atoms with Gasteiger partial charge in [-0.3, -0.25) is 9.59 Å². The smallest absolute Gasteiger partial charge is 0.410 e. The fourth-order valence-corrected chi connectivity index (χ4v) is 5.02. The maximum atomic E-state index is 13.9. The monoisotopic (exact) mass is 666 g/mol. The Balaban J connectivity index is 1.55. The molecule has 0 aromatic heterocycles. The van der Waals surface area contributed by atoms with Crippen LogP contribution in [0.15, 0.2) is 60.7 Å². The molecule has 12 nitrogen and oxygen atoms in total. The summed E-state index contributed by atoms with van der Waals surface area (Å²) in [6.45, 7) is 5.28. The minimum atomic E-state index is -0.946. The Bertz CT molecular complexity index is 1640. The van der Waals surface area contributed by atoms with Gasteiger partial charge in [-0.15, -0.1) is 0 Å². The molecule has 1 aliphatic rings. The van der Waals surface area contributed by atoms with E-state index in [4.69, 9.17) is 23.7 Å².